The summed E-state index contributed by atoms with van der Waals surface area (Å²) in [6.07, 6.45) is -0.877. The van der Waals surface area contributed by atoms with E-state index in [0.29, 0.717) is 17.6 Å². The van der Waals surface area contributed by atoms with E-state index < -0.39 is 17.8 Å². The number of hydrogen-bond acceptors (Lipinski definition) is 5. The Bertz CT molecular complexity index is 731. The summed E-state index contributed by atoms with van der Waals surface area (Å²) in [7, 11) is 0. The van der Waals surface area contributed by atoms with E-state index in [2.05, 4.69) is 5.32 Å². The maximum Gasteiger partial charge on any atom is 0.419 e. The van der Waals surface area contributed by atoms with Crippen LogP contribution in [0.3, 0.4) is 0 Å². The zero-order valence-corrected chi connectivity index (χ0v) is 12.5. The van der Waals surface area contributed by atoms with Gasteiger partial charge in [0, 0.05) is 13.1 Å². The summed E-state index contributed by atoms with van der Waals surface area (Å²) in [5.41, 5.74) is 1.09. The molecule has 118 valence electrons. The number of carbonyl (C=O) groups is 2. The minimum Gasteiger partial charge on any atom is -0.452 e. The number of likely N-dealkylation sites (N-methyl/N-ethyl adjacent to an activating group) is 1. The van der Waals surface area contributed by atoms with E-state index in [1.165, 1.54) is 11.5 Å². The molecule has 2 aromatic rings. The van der Waals surface area contributed by atoms with Crippen LogP contribution >= 0.6 is 0 Å². The molecule has 7 heteroatoms. The Hall–Kier alpha value is -2.57. The molecule has 1 heterocycles. The molecule has 1 atom stereocenters. The Morgan fingerprint density at radius 1 is 1.36 bits per heavy atom. The first kappa shape index (κ1) is 15.8. The van der Waals surface area contributed by atoms with Crippen LogP contribution in [0.25, 0.3) is 11.1 Å². The maximum atomic E-state index is 11.8. The van der Waals surface area contributed by atoms with Gasteiger partial charge in [0.25, 0.3) is 5.91 Å². The number of para-hydroxylation sites is 2. The first-order chi connectivity index (χ1) is 10.5. The lowest BCUT2D eigenvalue weighted by molar-refractivity contribution is -0.155. The summed E-state index contributed by atoms with van der Waals surface area (Å²) in [6, 6.07) is 6.97. The van der Waals surface area contributed by atoms with Gasteiger partial charge in [-0.05, 0) is 26.0 Å². The molecule has 22 heavy (non-hydrogen) atoms. The van der Waals surface area contributed by atoms with Crippen molar-refractivity contribution in [2.24, 2.45) is 0 Å². The Kier molecular flexibility index (Phi) is 4.98. The van der Waals surface area contributed by atoms with Gasteiger partial charge in [-0.3, -0.25) is 14.2 Å². The molecule has 0 unspecified atom stereocenters. The van der Waals surface area contributed by atoms with E-state index in [-0.39, 0.29) is 18.9 Å². The largest absolute Gasteiger partial charge is 0.452 e. The van der Waals surface area contributed by atoms with Gasteiger partial charge in [0.15, 0.2) is 11.7 Å². The second kappa shape index (κ2) is 6.93. The molecule has 0 aliphatic rings. The number of hydrogen-bond donors (Lipinski definition) is 1. The molecule has 2 rings (SSSR count). The highest BCUT2D eigenvalue weighted by atomic mass is 16.5. The summed E-state index contributed by atoms with van der Waals surface area (Å²) in [5.74, 6) is -1.41. The number of aromatic nitrogens is 1. The van der Waals surface area contributed by atoms with Crippen LogP contribution in [-0.2, 0) is 20.9 Å². The Balaban J connectivity index is 1.97. The highest BCUT2D eigenvalue weighted by Gasteiger charge is 2.17. The third kappa shape index (κ3) is 3.55. The van der Waals surface area contributed by atoms with Crippen molar-refractivity contribution in [3.63, 3.8) is 0 Å². The van der Waals surface area contributed by atoms with Crippen LogP contribution < -0.4 is 11.1 Å². The number of nitrogens with zero attached hydrogens (tertiary/aromatic N) is 1. The molecule has 1 amide bonds. The van der Waals surface area contributed by atoms with Gasteiger partial charge in [-0.15, -0.1) is 0 Å². The van der Waals surface area contributed by atoms with Gasteiger partial charge in [0.05, 0.1) is 11.9 Å². The highest BCUT2D eigenvalue weighted by Crippen LogP contribution is 2.12. The summed E-state index contributed by atoms with van der Waals surface area (Å²) in [6.45, 7) is 3.89. The van der Waals surface area contributed by atoms with Crippen LogP contribution in [0.5, 0.6) is 0 Å². The van der Waals surface area contributed by atoms with Gasteiger partial charge in [0.1, 0.15) is 0 Å². The lowest BCUT2D eigenvalue weighted by Gasteiger charge is -2.12. The van der Waals surface area contributed by atoms with Crippen LogP contribution in [0, 0.1) is 0 Å². The van der Waals surface area contributed by atoms with E-state index in [9.17, 15) is 14.4 Å². The van der Waals surface area contributed by atoms with Gasteiger partial charge in [-0.1, -0.05) is 12.1 Å². The summed E-state index contributed by atoms with van der Waals surface area (Å²) >= 11 is 0. The normalized spacial score (nSPS) is 12.1. The molecule has 0 aliphatic carbocycles. The minimum atomic E-state index is -0.856. The second-order valence-corrected chi connectivity index (χ2v) is 4.76. The third-order valence-corrected chi connectivity index (χ3v) is 3.14. The molecule has 7 nitrogen and oxygen atoms in total. The Labute approximate surface area is 126 Å². The van der Waals surface area contributed by atoms with Gasteiger partial charge in [-0.25, -0.2) is 4.79 Å². The number of benzene rings is 1. The number of oxazole rings is 1. The third-order valence-electron chi connectivity index (χ3n) is 3.14. The average Bonchev–Trinajstić information content (AvgIpc) is 2.80. The topological polar surface area (TPSA) is 90.5 Å². The molecule has 0 aliphatic heterocycles. The Morgan fingerprint density at radius 3 is 2.82 bits per heavy atom. The van der Waals surface area contributed by atoms with Crippen molar-refractivity contribution in [1.29, 1.82) is 0 Å². The van der Waals surface area contributed by atoms with Crippen molar-refractivity contribution in [1.82, 2.24) is 9.88 Å². The number of nitrogens with one attached hydrogen (secondary N) is 1. The molecule has 0 saturated heterocycles. The van der Waals surface area contributed by atoms with Gasteiger partial charge < -0.3 is 14.5 Å². The summed E-state index contributed by atoms with van der Waals surface area (Å²) in [5, 5.41) is 2.57. The molecule has 1 N–H and O–H groups in total. The van der Waals surface area contributed by atoms with E-state index in [4.69, 9.17) is 9.15 Å². The number of amides is 1. The number of rotatable bonds is 6. The van der Waals surface area contributed by atoms with Crippen molar-refractivity contribution in [3.8, 4) is 0 Å². The molecule has 0 fully saturated rings. The minimum absolute atomic E-state index is 0.0207. The van der Waals surface area contributed by atoms with Gasteiger partial charge >= 0.3 is 11.7 Å². The fourth-order valence-corrected chi connectivity index (χ4v) is 2.06. The lowest BCUT2D eigenvalue weighted by atomic mass is 10.3. The van der Waals surface area contributed by atoms with Crippen molar-refractivity contribution in [2.75, 3.05) is 6.54 Å². The molecule has 0 saturated carbocycles. The summed E-state index contributed by atoms with van der Waals surface area (Å²) in [4.78, 5) is 35.0. The van der Waals surface area contributed by atoms with E-state index >= 15 is 0 Å². The molecule has 0 spiro atoms. The Morgan fingerprint density at radius 2 is 2.09 bits per heavy atom. The molecule has 0 radical (unpaired) electrons. The number of carbonyl (C=O) groups excluding carboxylic acids is 2. The van der Waals surface area contributed by atoms with E-state index in [1.54, 1.807) is 31.2 Å². The van der Waals surface area contributed by atoms with Crippen LogP contribution in [0.2, 0.25) is 0 Å². The van der Waals surface area contributed by atoms with E-state index in [0.717, 1.165) is 0 Å². The molecule has 1 aromatic heterocycles. The average molecular weight is 306 g/mol. The molecule has 0 bridgehead atoms. The van der Waals surface area contributed by atoms with Crippen molar-refractivity contribution < 1.29 is 18.7 Å². The van der Waals surface area contributed by atoms with Crippen molar-refractivity contribution >= 4 is 23.0 Å². The molecular weight excluding hydrogens is 288 g/mol. The predicted octanol–water partition coefficient (Wildman–Crippen LogP) is 1.05. The quantitative estimate of drug-likeness (QED) is 0.806. The van der Waals surface area contributed by atoms with Crippen LogP contribution in [0.15, 0.2) is 33.5 Å². The van der Waals surface area contributed by atoms with Crippen molar-refractivity contribution in [3.05, 3.63) is 34.8 Å². The summed E-state index contributed by atoms with van der Waals surface area (Å²) < 4.78 is 11.5. The predicted molar refractivity (Wildman–Crippen MR) is 79.3 cm³/mol. The first-order valence-electron chi connectivity index (χ1n) is 7.08. The van der Waals surface area contributed by atoms with Crippen LogP contribution in [-0.4, -0.2) is 29.1 Å². The lowest BCUT2D eigenvalue weighted by Crippen LogP contribution is -2.35. The number of fused-ring (bicyclic) bond motifs is 1. The SMILES string of the molecule is CCNC(=O)[C@@H](C)OC(=O)CCn1c(=O)oc2ccccc21. The zero-order chi connectivity index (χ0) is 16.1. The fourth-order valence-electron chi connectivity index (χ4n) is 2.06. The number of aryl methyl sites for hydroxylation is 1. The van der Waals surface area contributed by atoms with Crippen molar-refractivity contribution in [2.45, 2.75) is 32.9 Å². The number of ether oxygens (including phenoxy) is 1. The molecule has 1 aromatic carbocycles. The van der Waals surface area contributed by atoms with E-state index in [1.807, 2.05) is 0 Å². The maximum absolute atomic E-state index is 11.8. The fraction of sp³-hybridized carbons (Fsp3) is 0.400. The molecular formula is C15H18N2O5. The van der Waals surface area contributed by atoms with Crippen LogP contribution in [0.1, 0.15) is 20.3 Å². The smallest absolute Gasteiger partial charge is 0.419 e. The monoisotopic (exact) mass is 306 g/mol. The standard InChI is InChI=1S/C15H18N2O5/c1-3-16-14(19)10(2)21-13(18)8-9-17-11-6-4-5-7-12(11)22-15(17)20/h4-7,10H,3,8-9H2,1-2H3,(H,16,19)/t10-/m1/s1. The second-order valence-electron chi connectivity index (χ2n) is 4.76. The number of esters is 1. The zero-order valence-electron chi connectivity index (χ0n) is 12.5. The van der Waals surface area contributed by atoms with Crippen LogP contribution in [0.4, 0.5) is 0 Å². The highest BCUT2D eigenvalue weighted by molar-refractivity contribution is 5.83. The van der Waals surface area contributed by atoms with Gasteiger partial charge in [0.2, 0.25) is 0 Å². The first-order valence-corrected chi connectivity index (χ1v) is 7.08. The van der Waals surface area contributed by atoms with Gasteiger partial charge in [-0.2, -0.15) is 0 Å².